The highest BCUT2D eigenvalue weighted by Gasteiger charge is 2.27. The molecule has 0 bridgehead atoms. The SMILES string of the molecule is C[C@@H](O)c1ccc(OCC(=O)NCC(F)(F)F)c(F)c1. The maximum Gasteiger partial charge on any atom is 0.405 e. The van der Waals surface area contributed by atoms with Gasteiger partial charge in [-0.25, -0.2) is 4.39 Å². The average Bonchev–Trinajstić information content (AvgIpc) is 2.33. The molecule has 0 aliphatic carbocycles. The van der Waals surface area contributed by atoms with Crippen molar-refractivity contribution in [3.63, 3.8) is 0 Å². The smallest absolute Gasteiger partial charge is 0.405 e. The molecule has 0 fully saturated rings. The zero-order valence-corrected chi connectivity index (χ0v) is 10.5. The van der Waals surface area contributed by atoms with E-state index in [0.29, 0.717) is 5.56 Å². The minimum atomic E-state index is -4.51. The van der Waals surface area contributed by atoms with Crippen molar-refractivity contribution in [2.45, 2.75) is 19.2 Å². The van der Waals surface area contributed by atoms with Gasteiger partial charge in [-0.15, -0.1) is 0 Å². The number of carbonyl (C=O) groups excluding carboxylic acids is 1. The summed E-state index contributed by atoms with van der Waals surface area (Å²) in [5.74, 6) is -2.11. The Morgan fingerprint density at radius 3 is 2.60 bits per heavy atom. The largest absolute Gasteiger partial charge is 0.481 e. The Morgan fingerprint density at radius 1 is 1.45 bits per heavy atom. The van der Waals surface area contributed by atoms with Crippen molar-refractivity contribution in [2.24, 2.45) is 0 Å². The molecule has 0 saturated carbocycles. The molecule has 0 unspecified atom stereocenters. The van der Waals surface area contributed by atoms with Gasteiger partial charge in [-0.2, -0.15) is 13.2 Å². The summed E-state index contributed by atoms with van der Waals surface area (Å²) < 4.78 is 53.7. The summed E-state index contributed by atoms with van der Waals surface area (Å²) >= 11 is 0. The highest BCUT2D eigenvalue weighted by molar-refractivity contribution is 5.77. The first-order valence-electron chi connectivity index (χ1n) is 5.63. The zero-order chi connectivity index (χ0) is 15.3. The van der Waals surface area contributed by atoms with Crippen LogP contribution >= 0.6 is 0 Å². The average molecular weight is 295 g/mol. The second kappa shape index (κ2) is 6.56. The van der Waals surface area contributed by atoms with Gasteiger partial charge in [0.2, 0.25) is 0 Å². The van der Waals surface area contributed by atoms with E-state index in [9.17, 15) is 27.5 Å². The zero-order valence-electron chi connectivity index (χ0n) is 10.5. The first-order valence-corrected chi connectivity index (χ1v) is 5.63. The van der Waals surface area contributed by atoms with Crippen LogP contribution in [-0.2, 0) is 4.79 Å². The molecular formula is C12H13F4NO3. The predicted molar refractivity (Wildman–Crippen MR) is 61.6 cm³/mol. The van der Waals surface area contributed by atoms with Crippen molar-refractivity contribution >= 4 is 5.91 Å². The summed E-state index contributed by atoms with van der Waals surface area (Å²) in [6, 6.07) is 3.60. The van der Waals surface area contributed by atoms with Crippen molar-refractivity contribution in [1.29, 1.82) is 0 Å². The minimum Gasteiger partial charge on any atom is -0.481 e. The number of ether oxygens (including phenoxy) is 1. The molecule has 1 aromatic carbocycles. The number of rotatable bonds is 5. The van der Waals surface area contributed by atoms with E-state index in [1.165, 1.54) is 19.1 Å². The molecule has 0 aromatic heterocycles. The summed E-state index contributed by atoms with van der Waals surface area (Å²) in [7, 11) is 0. The van der Waals surface area contributed by atoms with Crippen LogP contribution < -0.4 is 10.1 Å². The van der Waals surface area contributed by atoms with E-state index in [0.717, 1.165) is 6.07 Å². The van der Waals surface area contributed by atoms with Gasteiger partial charge in [0.25, 0.3) is 5.91 Å². The topological polar surface area (TPSA) is 58.6 Å². The van der Waals surface area contributed by atoms with Gasteiger partial charge in [0, 0.05) is 0 Å². The van der Waals surface area contributed by atoms with E-state index < -0.39 is 37.2 Å². The van der Waals surface area contributed by atoms with Gasteiger partial charge >= 0.3 is 6.18 Å². The second-order valence-electron chi connectivity index (χ2n) is 4.05. The lowest BCUT2D eigenvalue weighted by Crippen LogP contribution is -2.36. The van der Waals surface area contributed by atoms with Crippen LogP contribution in [0.25, 0.3) is 0 Å². The number of aliphatic hydroxyl groups is 1. The third-order valence-electron chi connectivity index (χ3n) is 2.28. The van der Waals surface area contributed by atoms with Crippen LogP contribution in [0.1, 0.15) is 18.6 Å². The molecule has 0 aliphatic rings. The molecule has 0 saturated heterocycles. The van der Waals surface area contributed by atoms with Crippen molar-refractivity contribution in [3.8, 4) is 5.75 Å². The minimum absolute atomic E-state index is 0.281. The van der Waals surface area contributed by atoms with Crippen molar-refractivity contribution < 1.29 is 32.2 Å². The number of alkyl halides is 3. The normalized spacial score (nSPS) is 12.9. The fraction of sp³-hybridized carbons (Fsp3) is 0.417. The van der Waals surface area contributed by atoms with Crippen LogP contribution in [0.2, 0.25) is 0 Å². The standard InChI is InChI=1S/C12H13F4NO3/c1-7(18)8-2-3-10(9(13)4-8)20-5-11(19)17-6-12(14,15)16/h2-4,7,18H,5-6H2,1H3,(H,17,19)/t7-/m1/s1. The number of hydrogen-bond acceptors (Lipinski definition) is 3. The monoisotopic (exact) mass is 295 g/mol. The number of hydrogen-bond donors (Lipinski definition) is 2. The molecule has 2 N–H and O–H groups in total. The van der Waals surface area contributed by atoms with Gasteiger partial charge in [-0.1, -0.05) is 6.07 Å². The molecule has 0 radical (unpaired) electrons. The van der Waals surface area contributed by atoms with Gasteiger partial charge < -0.3 is 15.2 Å². The molecule has 1 aromatic rings. The van der Waals surface area contributed by atoms with Gasteiger partial charge in [0.15, 0.2) is 18.2 Å². The summed E-state index contributed by atoms with van der Waals surface area (Å²) in [5, 5.41) is 10.8. The first-order chi connectivity index (χ1) is 9.19. The quantitative estimate of drug-likeness (QED) is 0.816. The third-order valence-corrected chi connectivity index (χ3v) is 2.28. The van der Waals surface area contributed by atoms with Gasteiger partial charge in [-0.3, -0.25) is 4.79 Å². The molecular weight excluding hydrogens is 282 g/mol. The van der Waals surface area contributed by atoms with E-state index in [-0.39, 0.29) is 5.75 Å². The molecule has 1 rings (SSSR count). The lowest BCUT2D eigenvalue weighted by molar-refractivity contribution is -0.139. The third kappa shape index (κ3) is 5.43. The highest BCUT2D eigenvalue weighted by Crippen LogP contribution is 2.21. The van der Waals surface area contributed by atoms with Crippen LogP contribution in [0.4, 0.5) is 17.6 Å². The second-order valence-corrected chi connectivity index (χ2v) is 4.05. The fourth-order valence-corrected chi connectivity index (χ4v) is 1.29. The number of halogens is 4. The molecule has 4 nitrogen and oxygen atoms in total. The maximum absolute atomic E-state index is 13.5. The van der Waals surface area contributed by atoms with Crippen LogP contribution in [0.15, 0.2) is 18.2 Å². The van der Waals surface area contributed by atoms with E-state index in [4.69, 9.17) is 4.74 Å². The molecule has 1 atom stereocenters. The Bertz CT molecular complexity index is 474. The van der Waals surface area contributed by atoms with Crippen molar-refractivity contribution in [2.75, 3.05) is 13.2 Å². The molecule has 0 aliphatic heterocycles. The Labute approximate surface area is 112 Å². The van der Waals surface area contributed by atoms with E-state index >= 15 is 0 Å². The van der Waals surface area contributed by atoms with Crippen molar-refractivity contribution in [3.05, 3.63) is 29.6 Å². The van der Waals surface area contributed by atoms with Crippen LogP contribution in [0, 0.1) is 5.82 Å². The summed E-state index contributed by atoms with van der Waals surface area (Å²) in [6.45, 7) is -0.764. The summed E-state index contributed by atoms with van der Waals surface area (Å²) in [4.78, 5) is 11.1. The van der Waals surface area contributed by atoms with E-state index in [2.05, 4.69) is 0 Å². The molecule has 112 valence electrons. The first kappa shape index (κ1) is 16.2. The lowest BCUT2D eigenvalue weighted by atomic mass is 10.1. The molecule has 0 heterocycles. The molecule has 0 spiro atoms. The Kier molecular flexibility index (Phi) is 5.32. The van der Waals surface area contributed by atoms with E-state index in [1.54, 1.807) is 5.32 Å². The number of aliphatic hydroxyl groups excluding tert-OH is 1. The Hall–Kier alpha value is -1.83. The Morgan fingerprint density at radius 2 is 2.10 bits per heavy atom. The van der Waals surface area contributed by atoms with Gasteiger partial charge in [0.1, 0.15) is 6.54 Å². The lowest BCUT2D eigenvalue weighted by Gasteiger charge is -2.11. The molecule has 1 amide bonds. The van der Waals surface area contributed by atoms with Gasteiger partial charge in [-0.05, 0) is 24.6 Å². The number of amides is 1. The maximum atomic E-state index is 13.5. The molecule has 20 heavy (non-hydrogen) atoms. The number of nitrogens with one attached hydrogen (secondary N) is 1. The number of benzene rings is 1. The Balaban J connectivity index is 2.51. The van der Waals surface area contributed by atoms with Crippen LogP contribution in [0.3, 0.4) is 0 Å². The fourth-order valence-electron chi connectivity index (χ4n) is 1.29. The molecule has 8 heteroatoms. The summed E-state index contributed by atoms with van der Waals surface area (Å²) in [5.41, 5.74) is 0.316. The van der Waals surface area contributed by atoms with E-state index in [1.807, 2.05) is 0 Å². The number of carbonyl (C=O) groups is 1. The predicted octanol–water partition coefficient (Wildman–Crippen LogP) is 1.94. The van der Waals surface area contributed by atoms with Gasteiger partial charge in [0.05, 0.1) is 6.10 Å². The van der Waals surface area contributed by atoms with Crippen LogP contribution in [-0.4, -0.2) is 30.3 Å². The summed E-state index contributed by atoms with van der Waals surface area (Å²) in [6.07, 6.45) is -5.38. The highest BCUT2D eigenvalue weighted by atomic mass is 19.4. The van der Waals surface area contributed by atoms with Crippen LogP contribution in [0.5, 0.6) is 5.75 Å². The van der Waals surface area contributed by atoms with Crippen molar-refractivity contribution in [1.82, 2.24) is 5.32 Å².